The molecule has 0 radical (unpaired) electrons. The molecule has 0 unspecified atom stereocenters. The molecule has 0 heterocycles. The van der Waals surface area contributed by atoms with E-state index in [4.69, 9.17) is 5.73 Å². The predicted molar refractivity (Wildman–Crippen MR) is 46.8 cm³/mol. The number of rotatable bonds is 3. The number of hydrogen-bond donors (Lipinski definition) is 1. The maximum atomic E-state index is 5.45. The van der Waals surface area contributed by atoms with Crippen molar-refractivity contribution in [3.63, 3.8) is 0 Å². The van der Waals surface area contributed by atoms with E-state index in [-0.39, 0.29) is 0 Å². The zero-order valence-electron chi connectivity index (χ0n) is 6.72. The zero-order chi connectivity index (χ0) is 7.98. The van der Waals surface area contributed by atoms with Crippen molar-refractivity contribution in [1.29, 1.82) is 0 Å². The minimum atomic E-state index is 0.569. The van der Waals surface area contributed by atoms with Gasteiger partial charge in [0.1, 0.15) is 0 Å². The Bertz CT molecular complexity index is 164. The van der Waals surface area contributed by atoms with Gasteiger partial charge in [-0.2, -0.15) is 0 Å². The van der Waals surface area contributed by atoms with Gasteiger partial charge in [0, 0.05) is 6.54 Å². The Balaban J connectivity index is 4.18. The molecule has 0 bridgehead atoms. The standard InChI is InChI=1S/C9H15N/c1-4-5-6-9(7-10)8(2)3/h4-6H,2,7,10H2,1,3H3/b5-4-,9-6-. The molecule has 0 amide bonds. The molecule has 0 saturated carbocycles. The van der Waals surface area contributed by atoms with Gasteiger partial charge in [0.05, 0.1) is 0 Å². The molecule has 56 valence electrons. The zero-order valence-corrected chi connectivity index (χ0v) is 6.72. The number of nitrogens with two attached hydrogens (primary N) is 1. The first kappa shape index (κ1) is 9.18. The van der Waals surface area contributed by atoms with E-state index >= 15 is 0 Å². The van der Waals surface area contributed by atoms with Crippen molar-refractivity contribution in [1.82, 2.24) is 0 Å². The van der Waals surface area contributed by atoms with Crippen LogP contribution in [-0.4, -0.2) is 6.54 Å². The lowest BCUT2D eigenvalue weighted by molar-refractivity contribution is 1.15. The molecule has 0 aliphatic carbocycles. The highest BCUT2D eigenvalue weighted by molar-refractivity contribution is 5.30. The molecule has 0 aromatic carbocycles. The first-order valence-electron chi connectivity index (χ1n) is 3.40. The topological polar surface area (TPSA) is 26.0 Å². The Hall–Kier alpha value is -0.820. The first-order chi connectivity index (χ1) is 4.72. The molecule has 0 rings (SSSR count). The van der Waals surface area contributed by atoms with Gasteiger partial charge in [-0.15, -0.1) is 0 Å². The molecule has 0 saturated heterocycles. The van der Waals surface area contributed by atoms with Crippen LogP contribution in [0.3, 0.4) is 0 Å². The van der Waals surface area contributed by atoms with E-state index in [1.165, 1.54) is 0 Å². The summed E-state index contributed by atoms with van der Waals surface area (Å²) in [4.78, 5) is 0. The van der Waals surface area contributed by atoms with Crippen molar-refractivity contribution >= 4 is 0 Å². The molecular weight excluding hydrogens is 122 g/mol. The predicted octanol–water partition coefficient (Wildman–Crippen LogP) is 2.02. The molecule has 10 heavy (non-hydrogen) atoms. The quantitative estimate of drug-likeness (QED) is 0.592. The van der Waals surface area contributed by atoms with Gasteiger partial charge in [-0.1, -0.05) is 30.4 Å². The van der Waals surface area contributed by atoms with Crippen molar-refractivity contribution in [3.05, 3.63) is 36.0 Å². The van der Waals surface area contributed by atoms with Crippen molar-refractivity contribution in [2.24, 2.45) is 5.73 Å². The average Bonchev–Trinajstić information content (AvgIpc) is 1.89. The monoisotopic (exact) mass is 137 g/mol. The van der Waals surface area contributed by atoms with Crippen LogP contribution in [0, 0.1) is 0 Å². The number of allylic oxidation sites excluding steroid dienone is 3. The van der Waals surface area contributed by atoms with Crippen LogP contribution in [0.4, 0.5) is 0 Å². The Morgan fingerprint density at radius 2 is 2.20 bits per heavy atom. The molecule has 0 fully saturated rings. The molecule has 1 nitrogen and oxygen atoms in total. The van der Waals surface area contributed by atoms with Crippen molar-refractivity contribution in [2.45, 2.75) is 13.8 Å². The summed E-state index contributed by atoms with van der Waals surface area (Å²) >= 11 is 0. The van der Waals surface area contributed by atoms with Gasteiger partial charge in [-0.3, -0.25) is 0 Å². The SMILES string of the molecule is C=C(C)/C(=C\C=C/C)CN. The number of hydrogen-bond acceptors (Lipinski definition) is 1. The second-order valence-corrected chi connectivity index (χ2v) is 2.20. The van der Waals surface area contributed by atoms with Crippen LogP contribution >= 0.6 is 0 Å². The maximum absolute atomic E-state index is 5.45. The Kier molecular flexibility index (Phi) is 4.59. The lowest BCUT2D eigenvalue weighted by Crippen LogP contribution is -2.02. The highest BCUT2D eigenvalue weighted by Crippen LogP contribution is 2.03. The minimum absolute atomic E-state index is 0.569. The summed E-state index contributed by atoms with van der Waals surface area (Å²) in [7, 11) is 0. The lowest BCUT2D eigenvalue weighted by Gasteiger charge is -1.99. The van der Waals surface area contributed by atoms with E-state index in [0.29, 0.717) is 6.54 Å². The van der Waals surface area contributed by atoms with Crippen LogP contribution in [0.5, 0.6) is 0 Å². The van der Waals surface area contributed by atoms with E-state index < -0.39 is 0 Å². The van der Waals surface area contributed by atoms with E-state index in [1.54, 1.807) is 0 Å². The Morgan fingerprint density at radius 1 is 1.60 bits per heavy atom. The van der Waals surface area contributed by atoms with Crippen molar-refractivity contribution in [3.8, 4) is 0 Å². The molecule has 1 heteroatoms. The molecule has 0 aromatic heterocycles. The third-order valence-corrected chi connectivity index (χ3v) is 1.26. The van der Waals surface area contributed by atoms with Gasteiger partial charge < -0.3 is 5.73 Å². The highest BCUT2D eigenvalue weighted by atomic mass is 14.5. The highest BCUT2D eigenvalue weighted by Gasteiger charge is 1.90. The fraction of sp³-hybridized carbons (Fsp3) is 0.333. The van der Waals surface area contributed by atoms with Crippen LogP contribution in [-0.2, 0) is 0 Å². The average molecular weight is 137 g/mol. The van der Waals surface area contributed by atoms with Gasteiger partial charge >= 0.3 is 0 Å². The summed E-state index contributed by atoms with van der Waals surface area (Å²) in [6.07, 6.45) is 5.93. The summed E-state index contributed by atoms with van der Waals surface area (Å²) in [5, 5.41) is 0. The van der Waals surface area contributed by atoms with Gasteiger partial charge in [0.2, 0.25) is 0 Å². The van der Waals surface area contributed by atoms with Crippen LogP contribution in [0.25, 0.3) is 0 Å². The maximum Gasteiger partial charge on any atom is 0.0180 e. The third kappa shape index (κ3) is 3.25. The van der Waals surface area contributed by atoms with Crippen LogP contribution in [0.2, 0.25) is 0 Å². The molecular formula is C9H15N. The largest absolute Gasteiger partial charge is 0.326 e. The fourth-order valence-corrected chi connectivity index (χ4v) is 0.597. The first-order valence-corrected chi connectivity index (χ1v) is 3.40. The van der Waals surface area contributed by atoms with Gasteiger partial charge in [-0.25, -0.2) is 0 Å². The van der Waals surface area contributed by atoms with E-state index in [9.17, 15) is 0 Å². The van der Waals surface area contributed by atoms with Gasteiger partial charge in [0.15, 0.2) is 0 Å². The summed E-state index contributed by atoms with van der Waals surface area (Å²) in [6, 6.07) is 0. The van der Waals surface area contributed by atoms with E-state index in [2.05, 4.69) is 6.58 Å². The third-order valence-electron chi connectivity index (χ3n) is 1.26. The molecule has 0 aliphatic rings. The summed E-state index contributed by atoms with van der Waals surface area (Å²) in [5.74, 6) is 0. The Morgan fingerprint density at radius 3 is 2.50 bits per heavy atom. The minimum Gasteiger partial charge on any atom is -0.326 e. The van der Waals surface area contributed by atoms with Crippen LogP contribution < -0.4 is 5.73 Å². The fourth-order valence-electron chi connectivity index (χ4n) is 0.597. The second-order valence-electron chi connectivity index (χ2n) is 2.20. The molecule has 2 N–H and O–H groups in total. The van der Waals surface area contributed by atoms with E-state index in [0.717, 1.165) is 11.1 Å². The van der Waals surface area contributed by atoms with E-state index in [1.807, 2.05) is 32.1 Å². The lowest BCUT2D eigenvalue weighted by atomic mass is 10.1. The summed E-state index contributed by atoms with van der Waals surface area (Å²) < 4.78 is 0. The van der Waals surface area contributed by atoms with Gasteiger partial charge in [-0.05, 0) is 19.4 Å². The summed E-state index contributed by atoms with van der Waals surface area (Å²) in [6.45, 7) is 8.30. The molecule has 0 aromatic rings. The molecule has 0 atom stereocenters. The van der Waals surface area contributed by atoms with Crippen molar-refractivity contribution < 1.29 is 0 Å². The van der Waals surface area contributed by atoms with Gasteiger partial charge in [0.25, 0.3) is 0 Å². The van der Waals surface area contributed by atoms with Crippen LogP contribution in [0.1, 0.15) is 13.8 Å². The molecule has 0 spiro atoms. The second kappa shape index (κ2) is 5.00. The normalized spacial score (nSPS) is 12.5. The Labute approximate surface area is 62.9 Å². The van der Waals surface area contributed by atoms with Crippen molar-refractivity contribution in [2.75, 3.05) is 6.54 Å². The summed E-state index contributed by atoms with van der Waals surface area (Å²) in [5.41, 5.74) is 7.60. The smallest absolute Gasteiger partial charge is 0.0180 e. The molecule has 0 aliphatic heterocycles. The van der Waals surface area contributed by atoms with Crippen LogP contribution in [0.15, 0.2) is 36.0 Å².